The Hall–Kier alpha value is -0.350. The van der Waals surface area contributed by atoms with Crippen molar-refractivity contribution in [1.29, 1.82) is 0 Å². The maximum atomic E-state index is 11.6. The van der Waals surface area contributed by atoms with Crippen LogP contribution in [-0.4, -0.2) is 16.1 Å². The summed E-state index contributed by atoms with van der Waals surface area (Å²) in [6, 6.07) is 7.20. The minimum absolute atomic E-state index is 0.0140. The van der Waals surface area contributed by atoms with Crippen LogP contribution in [0, 0.1) is 0 Å². The lowest BCUT2D eigenvalue weighted by Crippen LogP contribution is -2.06. The summed E-state index contributed by atoms with van der Waals surface area (Å²) < 4.78 is 5.18. The second kappa shape index (κ2) is 7.07. The molecule has 0 fully saturated rings. The van der Waals surface area contributed by atoms with Crippen LogP contribution >= 0.6 is 31.9 Å². The Morgan fingerprint density at radius 1 is 1.31 bits per heavy atom. The van der Waals surface area contributed by atoms with Gasteiger partial charge in [-0.15, -0.1) is 0 Å². The van der Waals surface area contributed by atoms with Crippen LogP contribution in [0.25, 0.3) is 0 Å². The van der Waals surface area contributed by atoms with Crippen LogP contribution in [0.4, 0.5) is 0 Å². The summed E-state index contributed by atoms with van der Waals surface area (Å²) in [7, 11) is 0. The number of benzene rings is 1. The van der Waals surface area contributed by atoms with Gasteiger partial charge in [-0.1, -0.05) is 45.2 Å². The highest BCUT2D eigenvalue weighted by Crippen LogP contribution is 2.18. The molecule has 4 heteroatoms. The summed E-state index contributed by atoms with van der Waals surface area (Å²) in [5, 5.41) is 0. The molecule has 0 saturated heterocycles. The highest BCUT2D eigenvalue weighted by molar-refractivity contribution is 9.25. The fourth-order valence-corrected chi connectivity index (χ4v) is 1.70. The van der Waals surface area contributed by atoms with E-state index in [1.807, 2.05) is 12.1 Å². The van der Waals surface area contributed by atoms with Gasteiger partial charge in [0.2, 0.25) is 0 Å². The van der Waals surface area contributed by atoms with E-state index in [1.54, 1.807) is 12.1 Å². The highest BCUT2D eigenvalue weighted by atomic mass is 79.9. The monoisotopic (exact) mass is 348 g/mol. The molecule has 0 saturated carbocycles. The molecule has 0 aromatic heterocycles. The van der Waals surface area contributed by atoms with E-state index in [1.165, 1.54) is 0 Å². The Bertz CT molecular complexity index is 333. The Morgan fingerprint density at radius 2 is 1.94 bits per heavy atom. The minimum Gasteiger partial charge on any atom is -0.494 e. The van der Waals surface area contributed by atoms with Crippen LogP contribution in [0.1, 0.15) is 30.1 Å². The van der Waals surface area contributed by atoms with Gasteiger partial charge < -0.3 is 4.74 Å². The van der Waals surface area contributed by atoms with Gasteiger partial charge >= 0.3 is 0 Å². The van der Waals surface area contributed by atoms with Crippen molar-refractivity contribution in [3.8, 4) is 5.75 Å². The van der Waals surface area contributed by atoms with Gasteiger partial charge in [-0.3, -0.25) is 4.79 Å². The average Bonchev–Trinajstić information content (AvgIpc) is 2.29. The fraction of sp³-hybridized carbons (Fsp3) is 0.417. The molecular weight excluding hydrogens is 336 g/mol. The van der Waals surface area contributed by atoms with Gasteiger partial charge in [-0.05, 0) is 30.7 Å². The Kier molecular flexibility index (Phi) is 6.06. The standard InChI is InChI=1S/C12H14Br2O2/c1-2-3-8-16-10-6-4-9(5-7-10)11(15)12(13)14/h4-7,12H,2-3,8H2,1H3. The van der Waals surface area contributed by atoms with Crippen molar-refractivity contribution >= 4 is 37.6 Å². The topological polar surface area (TPSA) is 26.3 Å². The summed E-state index contributed by atoms with van der Waals surface area (Å²) in [6.07, 6.45) is 2.16. The van der Waals surface area contributed by atoms with Crippen molar-refractivity contribution < 1.29 is 9.53 Å². The summed E-state index contributed by atoms with van der Waals surface area (Å²) >= 11 is 6.36. The number of unbranched alkanes of at least 4 members (excludes halogenated alkanes) is 1. The molecule has 88 valence electrons. The van der Waals surface area contributed by atoms with Gasteiger partial charge in [0.1, 0.15) is 9.49 Å². The second-order valence-corrected chi connectivity index (χ2v) is 6.45. The number of carbonyl (C=O) groups is 1. The molecule has 2 nitrogen and oxygen atoms in total. The van der Waals surface area contributed by atoms with Gasteiger partial charge in [0.15, 0.2) is 5.78 Å². The third-order valence-electron chi connectivity index (χ3n) is 2.10. The van der Waals surface area contributed by atoms with Crippen molar-refractivity contribution in [2.45, 2.75) is 23.5 Å². The summed E-state index contributed by atoms with van der Waals surface area (Å²) in [5.41, 5.74) is 0.668. The zero-order valence-corrected chi connectivity index (χ0v) is 12.3. The molecule has 0 amide bonds. The Morgan fingerprint density at radius 3 is 2.44 bits per heavy atom. The minimum atomic E-state index is -0.327. The number of halogens is 2. The van der Waals surface area contributed by atoms with Gasteiger partial charge in [0.05, 0.1) is 6.61 Å². The molecular formula is C12H14Br2O2. The predicted octanol–water partition coefficient (Wildman–Crippen LogP) is 4.16. The first-order valence-electron chi connectivity index (χ1n) is 5.20. The molecule has 1 rings (SSSR count). The zero-order chi connectivity index (χ0) is 12.0. The molecule has 0 unspecified atom stereocenters. The molecule has 0 aliphatic rings. The molecule has 0 aliphatic heterocycles. The number of Topliss-reactive ketones (excluding diaryl/α,β-unsaturated/α-hetero) is 1. The molecule has 0 N–H and O–H groups in total. The molecule has 16 heavy (non-hydrogen) atoms. The number of ketones is 1. The maximum Gasteiger partial charge on any atom is 0.187 e. The maximum absolute atomic E-state index is 11.6. The normalized spacial score (nSPS) is 10.5. The first-order chi connectivity index (χ1) is 7.65. The summed E-state index contributed by atoms with van der Waals surface area (Å²) in [5.74, 6) is 0.825. The lowest BCUT2D eigenvalue weighted by atomic mass is 10.1. The molecule has 1 aromatic carbocycles. The third kappa shape index (κ3) is 4.26. The highest BCUT2D eigenvalue weighted by Gasteiger charge is 2.12. The summed E-state index contributed by atoms with van der Waals surface area (Å²) in [4.78, 5) is 11.6. The SMILES string of the molecule is CCCCOc1ccc(C(=O)C(Br)Br)cc1. The quantitative estimate of drug-likeness (QED) is 0.438. The summed E-state index contributed by atoms with van der Waals surface area (Å²) in [6.45, 7) is 2.85. The van der Waals surface area contributed by atoms with Gasteiger partial charge in [0.25, 0.3) is 0 Å². The lowest BCUT2D eigenvalue weighted by molar-refractivity contribution is 0.101. The number of alkyl halides is 2. The van der Waals surface area contributed by atoms with Crippen LogP contribution in [0.2, 0.25) is 0 Å². The van der Waals surface area contributed by atoms with Crippen LogP contribution in [-0.2, 0) is 0 Å². The number of ether oxygens (including phenoxy) is 1. The molecule has 0 heterocycles. The third-order valence-corrected chi connectivity index (χ3v) is 2.94. The smallest absolute Gasteiger partial charge is 0.187 e. The van der Waals surface area contributed by atoms with E-state index in [9.17, 15) is 4.79 Å². The van der Waals surface area contributed by atoms with E-state index in [2.05, 4.69) is 38.8 Å². The van der Waals surface area contributed by atoms with Crippen LogP contribution in [0.15, 0.2) is 24.3 Å². The number of hydrogen-bond donors (Lipinski definition) is 0. The molecule has 0 bridgehead atoms. The number of carbonyl (C=O) groups excluding carboxylic acids is 1. The first kappa shape index (κ1) is 13.7. The van der Waals surface area contributed by atoms with Crippen molar-refractivity contribution in [1.82, 2.24) is 0 Å². The average molecular weight is 350 g/mol. The Labute approximate surface area is 113 Å². The van der Waals surface area contributed by atoms with Crippen LogP contribution in [0.3, 0.4) is 0 Å². The van der Waals surface area contributed by atoms with Crippen LogP contribution < -0.4 is 4.74 Å². The van der Waals surface area contributed by atoms with E-state index in [-0.39, 0.29) is 9.52 Å². The molecule has 0 radical (unpaired) electrons. The molecule has 0 aliphatic carbocycles. The predicted molar refractivity (Wildman–Crippen MR) is 72.8 cm³/mol. The fourth-order valence-electron chi connectivity index (χ4n) is 1.18. The van der Waals surface area contributed by atoms with Crippen molar-refractivity contribution in [3.63, 3.8) is 0 Å². The Balaban J connectivity index is 2.57. The number of rotatable bonds is 6. The lowest BCUT2D eigenvalue weighted by Gasteiger charge is -2.06. The van der Waals surface area contributed by atoms with Crippen molar-refractivity contribution in [2.75, 3.05) is 6.61 Å². The number of hydrogen-bond acceptors (Lipinski definition) is 2. The van der Waals surface area contributed by atoms with E-state index in [4.69, 9.17) is 4.74 Å². The molecule has 0 atom stereocenters. The van der Waals surface area contributed by atoms with Gasteiger partial charge in [-0.25, -0.2) is 0 Å². The van der Waals surface area contributed by atoms with E-state index in [0.29, 0.717) is 5.56 Å². The second-order valence-electron chi connectivity index (χ2n) is 3.39. The van der Waals surface area contributed by atoms with Gasteiger partial charge in [-0.2, -0.15) is 0 Å². The van der Waals surface area contributed by atoms with Gasteiger partial charge in [0, 0.05) is 5.56 Å². The zero-order valence-electron chi connectivity index (χ0n) is 9.08. The van der Waals surface area contributed by atoms with E-state index in [0.717, 1.165) is 25.2 Å². The van der Waals surface area contributed by atoms with Crippen molar-refractivity contribution in [2.24, 2.45) is 0 Å². The van der Waals surface area contributed by atoms with Crippen molar-refractivity contribution in [3.05, 3.63) is 29.8 Å². The first-order valence-corrected chi connectivity index (χ1v) is 7.03. The molecule has 1 aromatic rings. The van der Waals surface area contributed by atoms with E-state index >= 15 is 0 Å². The van der Waals surface area contributed by atoms with Crippen LogP contribution in [0.5, 0.6) is 5.75 Å². The van der Waals surface area contributed by atoms with E-state index < -0.39 is 0 Å². The largest absolute Gasteiger partial charge is 0.494 e. The molecule has 0 spiro atoms.